The summed E-state index contributed by atoms with van der Waals surface area (Å²) in [4.78, 5) is 29.3. The van der Waals surface area contributed by atoms with Crippen LogP contribution in [0.2, 0.25) is 0 Å². The first-order valence-corrected chi connectivity index (χ1v) is 10.8. The fourth-order valence-corrected chi connectivity index (χ4v) is 4.07. The topological polar surface area (TPSA) is 73.9 Å². The molecule has 3 rings (SSSR count). The molecular formula is C22H34N4O3. The highest BCUT2D eigenvalue weighted by molar-refractivity contribution is 5.97. The van der Waals surface area contributed by atoms with Crippen molar-refractivity contribution < 1.29 is 14.3 Å². The van der Waals surface area contributed by atoms with E-state index in [1.54, 1.807) is 12.1 Å². The fourth-order valence-electron chi connectivity index (χ4n) is 4.07. The van der Waals surface area contributed by atoms with Crippen LogP contribution in [0.1, 0.15) is 43.5 Å². The van der Waals surface area contributed by atoms with Crippen molar-refractivity contribution in [3.63, 3.8) is 0 Å². The van der Waals surface area contributed by atoms with Crippen LogP contribution in [0.25, 0.3) is 0 Å². The van der Waals surface area contributed by atoms with Crippen LogP contribution in [0.5, 0.6) is 0 Å². The molecule has 2 heterocycles. The second-order valence-electron chi connectivity index (χ2n) is 8.35. The monoisotopic (exact) mass is 402 g/mol. The van der Waals surface area contributed by atoms with E-state index >= 15 is 0 Å². The van der Waals surface area contributed by atoms with Crippen molar-refractivity contribution in [1.82, 2.24) is 15.1 Å². The number of ether oxygens (including phenoxy) is 1. The largest absolute Gasteiger partial charge is 0.379 e. The third-order valence-electron chi connectivity index (χ3n) is 5.56. The summed E-state index contributed by atoms with van der Waals surface area (Å²) < 4.78 is 5.45. The zero-order chi connectivity index (χ0) is 20.6. The van der Waals surface area contributed by atoms with Crippen LogP contribution in [0.4, 0.5) is 10.5 Å². The molecule has 1 atom stereocenters. The number of nitrogens with one attached hydrogen (secondary N) is 2. The zero-order valence-corrected chi connectivity index (χ0v) is 17.7. The maximum Gasteiger partial charge on any atom is 0.319 e. The number of benzene rings is 1. The molecule has 0 aromatic heterocycles. The molecule has 160 valence electrons. The molecule has 0 bridgehead atoms. The molecule has 2 fully saturated rings. The summed E-state index contributed by atoms with van der Waals surface area (Å²) in [5.41, 5.74) is 1.26. The Labute approximate surface area is 173 Å². The summed E-state index contributed by atoms with van der Waals surface area (Å²) in [5.74, 6) is 0.594. The number of hydrogen-bond donors (Lipinski definition) is 2. The summed E-state index contributed by atoms with van der Waals surface area (Å²) in [6, 6.07) is 7.25. The standard InChI is InChI=1S/C22H34N4O3/c1-17(2)14-20(25-10-12-29-13-11-25)16-23-22(28)24-19-7-5-6-18(15-19)21(27)26-8-3-4-9-26/h5-7,15,17,20H,3-4,8-14,16H2,1-2H3,(H2,23,24,28). The summed E-state index contributed by atoms with van der Waals surface area (Å²) >= 11 is 0. The molecular weight excluding hydrogens is 368 g/mol. The van der Waals surface area contributed by atoms with Gasteiger partial charge in [-0.05, 0) is 43.4 Å². The van der Waals surface area contributed by atoms with Gasteiger partial charge in [-0.2, -0.15) is 0 Å². The molecule has 7 nitrogen and oxygen atoms in total. The predicted molar refractivity (Wildman–Crippen MR) is 114 cm³/mol. The Morgan fingerprint density at radius 2 is 1.83 bits per heavy atom. The van der Waals surface area contributed by atoms with E-state index in [0.717, 1.165) is 58.7 Å². The van der Waals surface area contributed by atoms with Crippen molar-refractivity contribution >= 4 is 17.6 Å². The van der Waals surface area contributed by atoms with E-state index in [0.29, 0.717) is 29.8 Å². The van der Waals surface area contributed by atoms with Gasteiger partial charge in [-0.15, -0.1) is 0 Å². The number of carbonyl (C=O) groups excluding carboxylic acids is 2. The third kappa shape index (κ3) is 6.44. The first-order valence-electron chi connectivity index (χ1n) is 10.8. The van der Waals surface area contributed by atoms with Gasteiger partial charge in [-0.3, -0.25) is 9.69 Å². The Hall–Kier alpha value is -2.12. The van der Waals surface area contributed by atoms with Crippen molar-refractivity contribution in [2.45, 2.75) is 39.2 Å². The highest BCUT2D eigenvalue weighted by atomic mass is 16.5. The molecule has 7 heteroatoms. The first-order chi connectivity index (χ1) is 14.0. The number of amides is 3. The molecule has 0 aliphatic carbocycles. The molecule has 1 aromatic rings. The number of carbonyl (C=O) groups is 2. The Morgan fingerprint density at radius 1 is 1.10 bits per heavy atom. The van der Waals surface area contributed by atoms with Crippen molar-refractivity contribution in [1.29, 1.82) is 0 Å². The Kier molecular flexibility index (Phi) is 7.89. The van der Waals surface area contributed by atoms with Gasteiger partial charge in [0, 0.05) is 50.0 Å². The van der Waals surface area contributed by atoms with Crippen LogP contribution < -0.4 is 10.6 Å². The van der Waals surface area contributed by atoms with Gasteiger partial charge in [0.25, 0.3) is 5.91 Å². The zero-order valence-electron chi connectivity index (χ0n) is 17.7. The van der Waals surface area contributed by atoms with Crippen LogP contribution in [-0.4, -0.2) is 73.7 Å². The number of rotatable bonds is 7. The smallest absolute Gasteiger partial charge is 0.319 e. The Morgan fingerprint density at radius 3 is 2.52 bits per heavy atom. The summed E-state index contributed by atoms with van der Waals surface area (Å²) in [6.07, 6.45) is 3.15. The molecule has 0 radical (unpaired) electrons. The summed E-state index contributed by atoms with van der Waals surface area (Å²) in [6.45, 7) is 9.94. The van der Waals surface area contributed by atoms with Gasteiger partial charge in [0.15, 0.2) is 0 Å². The molecule has 2 aliphatic heterocycles. The highest BCUT2D eigenvalue weighted by Crippen LogP contribution is 2.17. The first kappa shape index (κ1) is 21.6. The second kappa shape index (κ2) is 10.6. The van der Waals surface area contributed by atoms with Gasteiger partial charge in [0.2, 0.25) is 0 Å². The lowest BCUT2D eigenvalue weighted by Crippen LogP contribution is -2.49. The van der Waals surface area contributed by atoms with E-state index in [9.17, 15) is 9.59 Å². The van der Waals surface area contributed by atoms with E-state index in [2.05, 4.69) is 29.4 Å². The maximum absolute atomic E-state index is 12.6. The average Bonchev–Trinajstić information content (AvgIpc) is 3.26. The quantitative estimate of drug-likeness (QED) is 0.736. The minimum Gasteiger partial charge on any atom is -0.379 e. The van der Waals surface area contributed by atoms with Crippen LogP contribution in [0.15, 0.2) is 24.3 Å². The lowest BCUT2D eigenvalue weighted by Gasteiger charge is -2.35. The van der Waals surface area contributed by atoms with Crippen molar-refractivity contribution in [3.8, 4) is 0 Å². The molecule has 2 N–H and O–H groups in total. The number of likely N-dealkylation sites (tertiary alicyclic amines) is 1. The molecule has 29 heavy (non-hydrogen) atoms. The van der Waals surface area contributed by atoms with Gasteiger partial charge in [-0.1, -0.05) is 19.9 Å². The Bertz CT molecular complexity index is 682. The number of morpholine rings is 1. The number of urea groups is 1. The average molecular weight is 403 g/mol. The number of hydrogen-bond acceptors (Lipinski definition) is 4. The summed E-state index contributed by atoms with van der Waals surface area (Å²) in [5, 5.41) is 5.89. The highest BCUT2D eigenvalue weighted by Gasteiger charge is 2.23. The Balaban J connectivity index is 1.53. The van der Waals surface area contributed by atoms with Crippen LogP contribution in [0.3, 0.4) is 0 Å². The molecule has 3 amide bonds. The third-order valence-corrected chi connectivity index (χ3v) is 5.56. The molecule has 1 aromatic carbocycles. The molecule has 1 unspecified atom stereocenters. The van der Waals surface area contributed by atoms with E-state index in [1.165, 1.54) is 0 Å². The van der Waals surface area contributed by atoms with Crippen molar-refractivity contribution in [3.05, 3.63) is 29.8 Å². The van der Waals surface area contributed by atoms with E-state index < -0.39 is 0 Å². The lowest BCUT2D eigenvalue weighted by atomic mass is 10.0. The summed E-state index contributed by atoms with van der Waals surface area (Å²) in [7, 11) is 0. The fraction of sp³-hybridized carbons (Fsp3) is 0.636. The maximum atomic E-state index is 12.6. The van der Waals surface area contributed by atoms with Crippen LogP contribution in [-0.2, 0) is 4.74 Å². The van der Waals surface area contributed by atoms with Gasteiger partial charge in [-0.25, -0.2) is 4.79 Å². The number of nitrogens with zero attached hydrogens (tertiary/aromatic N) is 2. The van der Waals surface area contributed by atoms with Gasteiger partial charge < -0.3 is 20.3 Å². The van der Waals surface area contributed by atoms with Crippen LogP contribution >= 0.6 is 0 Å². The van der Waals surface area contributed by atoms with Gasteiger partial charge in [0.1, 0.15) is 0 Å². The molecule has 0 spiro atoms. The van der Waals surface area contributed by atoms with Crippen molar-refractivity contribution in [2.75, 3.05) is 51.3 Å². The van der Waals surface area contributed by atoms with Crippen molar-refractivity contribution in [2.24, 2.45) is 5.92 Å². The molecule has 2 aliphatic rings. The van der Waals surface area contributed by atoms with E-state index in [4.69, 9.17) is 4.74 Å². The SMILES string of the molecule is CC(C)CC(CNC(=O)Nc1cccc(C(=O)N2CCCC2)c1)N1CCOCC1. The molecule has 2 saturated heterocycles. The molecule has 0 saturated carbocycles. The predicted octanol–water partition coefficient (Wildman–Crippen LogP) is 2.79. The van der Waals surface area contributed by atoms with E-state index in [1.807, 2.05) is 17.0 Å². The van der Waals surface area contributed by atoms with Gasteiger partial charge >= 0.3 is 6.03 Å². The minimum absolute atomic E-state index is 0.0378. The van der Waals surface area contributed by atoms with Gasteiger partial charge in [0.05, 0.1) is 13.2 Å². The minimum atomic E-state index is -0.238. The number of anilines is 1. The van der Waals surface area contributed by atoms with Crippen LogP contribution in [0, 0.1) is 5.92 Å². The lowest BCUT2D eigenvalue weighted by molar-refractivity contribution is 0.0130. The van der Waals surface area contributed by atoms with E-state index in [-0.39, 0.29) is 11.9 Å². The normalized spacial score (nSPS) is 18.7. The second-order valence-corrected chi connectivity index (χ2v) is 8.35.